The topological polar surface area (TPSA) is 64.7 Å². The fourth-order valence-corrected chi connectivity index (χ4v) is 3.26. The second-order valence-electron chi connectivity index (χ2n) is 6.90. The summed E-state index contributed by atoms with van der Waals surface area (Å²) in [6.07, 6.45) is 6.18. The monoisotopic (exact) mass is 324 g/mol. The highest BCUT2D eigenvalue weighted by Crippen LogP contribution is 2.15. The Morgan fingerprint density at radius 3 is 2.35 bits per heavy atom. The molecule has 132 valence electrons. The molecule has 3 amide bonds. The van der Waals surface area contributed by atoms with Crippen LogP contribution in [0.4, 0.5) is 4.79 Å². The maximum atomic E-state index is 11.8. The molecule has 0 saturated carbocycles. The highest BCUT2D eigenvalue weighted by atomic mass is 16.2. The van der Waals surface area contributed by atoms with Crippen molar-refractivity contribution < 1.29 is 9.59 Å². The quantitative estimate of drug-likeness (QED) is 0.696. The van der Waals surface area contributed by atoms with E-state index in [-0.39, 0.29) is 11.9 Å². The standard InChI is InChI=1S/C17H32N4O2/c1-15-6-13-20(14-7-15)10-4-8-18-17(23)19-9-5-16(22)21-11-2-3-12-21/h15H,2-14H2,1H3,(H2,18,19,23). The third-order valence-electron chi connectivity index (χ3n) is 4.90. The van der Waals surface area contributed by atoms with Gasteiger partial charge in [0, 0.05) is 32.6 Å². The summed E-state index contributed by atoms with van der Waals surface area (Å²) in [4.78, 5) is 27.9. The minimum atomic E-state index is -0.161. The summed E-state index contributed by atoms with van der Waals surface area (Å²) in [6, 6.07) is -0.161. The van der Waals surface area contributed by atoms with Crippen LogP contribution in [-0.2, 0) is 4.79 Å². The molecular weight excluding hydrogens is 292 g/mol. The molecule has 2 rings (SSSR count). The lowest BCUT2D eigenvalue weighted by Crippen LogP contribution is -2.40. The number of urea groups is 1. The maximum absolute atomic E-state index is 11.8. The summed E-state index contributed by atoms with van der Waals surface area (Å²) in [5.41, 5.74) is 0. The minimum Gasteiger partial charge on any atom is -0.343 e. The summed E-state index contributed by atoms with van der Waals surface area (Å²) in [6.45, 7) is 8.61. The van der Waals surface area contributed by atoms with Gasteiger partial charge in [0.1, 0.15) is 0 Å². The molecule has 6 nitrogen and oxygen atoms in total. The van der Waals surface area contributed by atoms with Crippen molar-refractivity contribution in [2.24, 2.45) is 5.92 Å². The van der Waals surface area contributed by atoms with Gasteiger partial charge in [-0.05, 0) is 57.7 Å². The summed E-state index contributed by atoms with van der Waals surface area (Å²) < 4.78 is 0. The lowest BCUT2D eigenvalue weighted by molar-refractivity contribution is -0.129. The van der Waals surface area contributed by atoms with Gasteiger partial charge in [0.15, 0.2) is 0 Å². The van der Waals surface area contributed by atoms with Gasteiger partial charge in [0.05, 0.1) is 0 Å². The van der Waals surface area contributed by atoms with Crippen LogP contribution in [0.2, 0.25) is 0 Å². The van der Waals surface area contributed by atoms with E-state index in [1.165, 1.54) is 25.9 Å². The molecule has 0 unspecified atom stereocenters. The molecule has 0 aliphatic carbocycles. The Hall–Kier alpha value is -1.30. The molecule has 23 heavy (non-hydrogen) atoms. The molecule has 2 aliphatic heterocycles. The number of nitrogens with zero attached hydrogens (tertiary/aromatic N) is 2. The summed E-state index contributed by atoms with van der Waals surface area (Å²) in [5.74, 6) is 1.01. The van der Waals surface area contributed by atoms with Crippen molar-refractivity contribution in [3.63, 3.8) is 0 Å². The second-order valence-corrected chi connectivity index (χ2v) is 6.90. The molecule has 0 spiro atoms. The lowest BCUT2D eigenvalue weighted by Gasteiger charge is -2.30. The number of carbonyl (C=O) groups is 2. The van der Waals surface area contributed by atoms with Crippen LogP contribution in [0.5, 0.6) is 0 Å². The molecule has 6 heteroatoms. The molecule has 2 heterocycles. The Balaban J connectivity index is 1.44. The molecule has 0 bridgehead atoms. The van der Waals surface area contributed by atoms with Crippen LogP contribution in [0.3, 0.4) is 0 Å². The smallest absolute Gasteiger partial charge is 0.314 e. The van der Waals surface area contributed by atoms with Crippen molar-refractivity contribution in [3.8, 4) is 0 Å². The molecule has 0 aromatic carbocycles. The molecule has 0 aromatic heterocycles. The lowest BCUT2D eigenvalue weighted by atomic mass is 9.99. The van der Waals surface area contributed by atoms with Crippen LogP contribution in [0, 0.1) is 5.92 Å². The molecule has 2 saturated heterocycles. The molecule has 0 radical (unpaired) electrons. The first kappa shape index (κ1) is 18.0. The van der Waals surface area contributed by atoms with Crippen LogP contribution in [0.25, 0.3) is 0 Å². The highest BCUT2D eigenvalue weighted by Gasteiger charge is 2.17. The van der Waals surface area contributed by atoms with Crippen LogP contribution < -0.4 is 10.6 Å². The maximum Gasteiger partial charge on any atom is 0.314 e. The van der Waals surface area contributed by atoms with Crippen molar-refractivity contribution in [1.29, 1.82) is 0 Å². The van der Waals surface area contributed by atoms with Crippen LogP contribution in [0.15, 0.2) is 0 Å². The average molecular weight is 324 g/mol. The number of amides is 3. The van der Waals surface area contributed by atoms with E-state index in [0.29, 0.717) is 19.5 Å². The van der Waals surface area contributed by atoms with E-state index < -0.39 is 0 Å². The van der Waals surface area contributed by atoms with Gasteiger partial charge in [0.25, 0.3) is 0 Å². The zero-order valence-corrected chi connectivity index (χ0v) is 14.5. The van der Waals surface area contributed by atoms with Gasteiger partial charge in [0.2, 0.25) is 5.91 Å². The average Bonchev–Trinajstić information content (AvgIpc) is 3.08. The van der Waals surface area contributed by atoms with Crippen molar-refractivity contribution in [3.05, 3.63) is 0 Å². The van der Waals surface area contributed by atoms with Gasteiger partial charge in [-0.25, -0.2) is 4.79 Å². The van der Waals surface area contributed by atoms with E-state index in [2.05, 4.69) is 22.5 Å². The first-order chi connectivity index (χ1) is 11.1. The molecule has 2 fully saturated rings. The second kappa shape index (κ2) is 9.75. The predicted molar refractivity (Wildman–Crippen MR) is 91.3 cm³/mol. The van der Waals surface area contributed by atoms with Crippen molar-refractivity contribution in [2.75, 3.05) is 45.8 Å². The van der Waals surface area contributed by atoms with E-state index in [9.17, 15) is 9.59 Å². The first-order valence-corrected chi connectivity index (χ1v) is 9.17. The van der Waals surface area contributed by atoms with Gasteiger partial charge >= 0.3 is 6.03 Å². The Morgan fingerprint density at radius 2 is 1.65 bits per heavy atom. The number of carbonyl (C=O) groups excluding carboxylic acids is 2. The van der Waals surface area contributed by atoms with Crippen molar-refractivity contribution in [1.82, 2.24) is 20.4 Å². The zero-order chi connectivity index (χ0) is 16.5. The van der Waals surface area contributed by atoms with Crippen molar-refractivity contribution in [2.45, 2.75) is 45.4 Å². The fourth-order valence-electron chi connectivity index (χ4n) is 3.26. The number of hydrogen-bond acceptors (Lipinski definition) is 3. The molecule has 0 atom stereocenters. The number of likely N-dealkylation sites (tertiary alicyclic amines) is 2. The number of nitrogens with one attached hydrogen (secondary N) is 2. The van der Waals surface area contributed by atoms with Crippen molar-refractivity contribution >= 4 is 11.9 Å². The van der Waals surface area contributed by atoms with Crippen LogP contribution in [0.1, 0.15) is 45.4 Å². The number of piperidine rings is 1. The van der Waals surface area contributed by atoms with Crippen LogP contribution in [-0.4, -0.2) is 67.6 Å². The number of hydrogen-bond donors (Lipinski definition) is 2. The van der Waals surface area contributed by atoms with E-state index in [4.69, 9.17) is 0 Å². The molecular formula is C17H32N4O2. The van der Waals surface area contributed by atoms with Gasteiger partial charge in [-0.2, -0.15) is 0 Å². The summed E-state index contributed by atoms with van der Waals surface area (Å²) in [5, 5.41) is 5.64. The third-order valence-corrected chi connectivity index (χ3v) is 4.90. The van der Waals surface area contributed by atoms with Gasteiger partial charge < -0.3 is 20.4 Å². The van der Waals surface area contributed by atoms with E-state index in [1.807, 2.05) is 4.90 Å². The van der Waals surface area contributed by atoms with E-state index >= 15 is 0 Å². The Morgan fingerprint density at radius 1 is 1.00 bits per heavy atom. The van der Waals surface area contributed by atoms with E-state index in [1.54, 1.807) is 0 Å². The molecule has 0 aromatic rings. The summed E-state index contributed by atoms with van der Waals surface area (Å²) >= 11 is 0. The fraction of sp³-hybridized carbons (Fsp3) is 0.882. The highest BCUT2D eigenvalue weighted by molar-refractivity contribution is 5.78. The number of rotatable bonds is 7. The van der Waals surface area contributed by atoms with Gasteiger partial charge in [-0.15, -0.1) is 0 Å². The Kier molecular flexibility index (Phi) is 7.65. The third kappa shape index (κ3) is 6.77. The SMILES string of the molecule is CC1CCN(CCCNC(=O)NCCC(=O)N2CCCC2)CC1. The Labute approximate surface area is 140 Å². The van der Waals surface area contributed by atoms with Gasteiger partial charge in [-0.3, -0.25) is 4.79 Å². The van der Waals surface area contributed by atoms with Crippen LogP contribution >= 0.6 is 0 Å². The van der Waals surface area contributed by atoms with E-state index in [0.717, 1.165) is 44.8 Å². The Bertz CT molecular complexity index is 375. The molecule has 2 aliphatic rings. The normalized spacial score (nSPS) is 19.8. The summed E-state index contributed by atoms with van der Waals surface area (Å²) in [7, 11) is 0. The minimum absolute atomic E-state index is 0.155. The largest absolute Gasteiger partial charge is 0.343 e. The molecule has 2 N–H and O–H groups in total. The van der Waals surface area contributed by atoms with Gasteiger partial charge in [-0.1, -0.05) is 6.92 Å². The predicted octanol–water partition coefficient (Wildman–Crippen LogP) is 1.42. The first-order valence-electron chi connectivity index (χ1n) is 9.17. The zero-order valence-electron chi connectivity index (χ0n) is 14.5.